The molecular weight excluding hydrogens is 390 g/mol. The summed E-state index contributed by atoms with van der Waals surface area (Å²) in [6.45, 7) is 5.76. The number of benzene rings is 1. The lowest BCUT2D eigenvalue weighted by molar-refractivity contribution is -0.310. The number of fused-ring (bicyclic) bond motifs is 3. The summed E-state index contributed by atoms with van der Waals surface area (Å²) >= 11 is 0. The molecule has 2 aliphatic heterocycles. The quantitative estimate of drug-likeness (QED) is 0.694. The summed E-state index contributed by atoms with van der Waals surface area (Å²) in [6.07, 6.45) is 2.44. The Bertz CT molecular complexity index is 1090. The van der Waals surface area contributed by atoms with Crippen molar-refractivity contribution in [2.75, 3.05) is 13.2 Å². The molecule has 0 saturated carbocycles. The number of aryl methyl sites for hydroxylation is 2. The van der Waals surface area contributed by atoms with Crippen molar-refractivity contribution in [1.82, 2.24) is 4.90 Å². The fraction of sp³-hybridized carbons (Fsp3) is 0.500. The maximum atomic E-state index is 12.6. The van der Waals surface area contributed by atoms with Crippen LogP contribution in [0, 0.1) is 6.92 Å². The number of carbonyl (C=O) groups is 2. The minimum atomic E-state index is -1.26. The Hall–Kier alpha value is -3.03. The van der Waals surface area contributed by atoms with E-state index in [1.165, 1.54) is 11.0 Å². The minimum Gasteiger partial charge on any atom is -0.548 e. The van der Waals surface area contributed by atoms with Crippen LogP contribution in [0.25, 0.3) is 11.0 Å². The van der Waals surface area contributed by atoms with Crippen molar-refractivity contribution in [3.05, 3.63) is 33.7 Å². The lowest BCUT2D eigenvalue weighted by Crippen LogP contribution is -2.48. The normalized spacial score (nSPS) is 20.0. The first kappa shape index (κ1) is 20.3. The first-order valence-corrected chi connectivity index (χ1v) is 10.1. The summed E-state index contributed by atoms with van der Waals surface area (Å²) in [4.78, 5) is 37.1. The lowest BCUT2D eigenvalue weighted by Gasteiger charge is -2.33. The number of nitrogens with zero attached hydrogens (tertiary/aromatic N) is 1. The topological polar surface area (TPSA) is 109 Å². The molecule has 0 spiro atoms. The van der Waals surface area contributed by atoms with Crippen LogP contribution in [0.4, 0.5) is 0 Å². The van der Waals surface area contributed by atoms with Gasteiger partial charge in [-0.05, 0) is 52.0 Å². The van der Waals surface area contributed by atoms with Gasteiger partial charge in [-0.2, -0.15) is 0 Å². The number of likely N-dealkylation sites (tertiary alicyclic amines) is 1. The maximum Gasteiger partial charge on any atom is 0.336 e. The molecule has 0 N–H and O–H groups in total. The molecule has 0 unspecified atom stereocenters. The Morgan fingerprint density at radius 1 is 1.33 bits per heavy atom. The van der Waals surface area contributed by atoms with Crippen LogP contribution >= 0.6 is 0 Å². The molecule has 160 valence electrons. The second-order valence-electron chi connectivity index (χ2n) is 8.52. The van der Waals surface area contributed by atoms with Gasteiger partial charge in [0.1, 0.15) is 22.7 Å². The van der Waals surface area contributed by atoms with Gasteiger partial charge < -0.3 is 28.7 Å². The van der Waals surface area contributed by atoms with Crippen molar-refractivity contribution in [2.24, 2.45) is 0 Å². The van der Waals surface area contributed by atoms with Crippen LogP contribution in [0.1, 0.15) is 44.2 Å². The molecule has 0 bridgehead atoms. The van der Waals surface area contributed by atoms with Crippen molar-refractivity contribution in [3.63, 3.8) is 0 Å². The molecule has 2 aromatic rings. The van der Waals surface area contributed by atoms with Crippen LogP contribution in [0.15, 0.2) is 21.3 Å². The van der Waals surface area contributed by atoms with Crippen molar-refractivity contribution in [3.8, 4) is 11.5 Å². The van der Waals surface area contributed by atoms with Crippen LogP contribution in [-0.4, -0.2) is 41.6 Å². The molecule has 1 aromatic carbocycles. The van der Waals surface area contributed by atoms with Gasteiger partial charge in [0, 0.05) is 24.2 Å². The van der Waals surface area contributed by atoms with Gasteiger partial charge in [0.2, 0.25) is 0 Å². The van der Waals surface area contributed by atoms with E-state index in [0.29, 0.717) is 53.8 Å². The summed E-state index contributed by atoms with van der Waals surface area (Å²) in [7, 11) is 0. The van der Waals surface area contributed by atoms with Gasteiger partial charge in [0.05, 0.1) is 17.4 Å². The predicted molar refractivity (Wildman–Crippen MR) is 105 cm³/mol. The third-order valence-electron chi connectivity index (χ3n) is 5.80. The highest BCUT2D eigenvalue weighted by Gasteiger charge is 2.32. The first-order chi connectivity index (χ1) is 14.2. The molecule has 1 atom stereocenters. The second-order valence-corrected chi connectivity index (χ2v) is 8.52. The molecule has 8 heteroatoms. The fourth-order valence-electron chi connectivity index (χ4n) is 4.27. The Kier molecular flexibility index (Phi) is 4.95. The lowest BCUT2D eigenvalue weighted by atomic mass is 9.92. The average Bonchev–Trinajstić information content (AvgIpc) is 3.14. The van der Waals surface area contributed by atoms with E-state index in [4.69, 9.17) is 13.9 Å². The number of hydrogen-bond acceptors (Lipinski definition) is 7. The van der Waals surface area contributed by atoms with Crippen LogP contribution < -0.4 is 20.2 Å². The molecule has 1 aromatic heterocycles. The summed E-state index contributed by atoms with van der Waals surface area (Å²) in [5, 5.41) is 11.9. The number of carbonyl (C=O) groups excluding carboxylic acids is 2. The van der Waals surface area contributed by atoms with Gasteiger partial charge >= 0.3 is 5.63 Å². The zero-order valence-corrected chi connectivity index (χ0v) is 17.3. The average molecular weight is 414 g/mol. The van der Waals surface area contributed by atoms with E-state index in [1.54, 1.807) is 13.0 Å². The highest BCUT2D eigenvalue weighted by Crippen LogP contribution is 2.42. The van der Waals surface area contributed by atoms with E-state index in [1.807, 2.05) is 13.8 Å². The van der Waals surface area contributed by atoms with Crippen LogP contribution in [0.5, 0.6) is 11.5 Å². The van der Waals surface area contributed by atoms with E-state index in [-0.39, 0.29) is 12.2 Å². The zero-order valence-electron chi connectivity index (χ0n) is 17.3. The molecule has 8 nitrogen and oxygen atoms in total. The number of carboxylic acids is 1. The fourth-order valence-corrected chi connectivity index (χ4v) is 4.27. The zero-order chi connectivity index (χ0) is 21.6. The minimum absolute atomic E-state index is 0.334. The van der Waals surface area contributed by atoms with Crippen LogP contribution in [0.3, 0.4) is 0 Å². The van der Waals surface area contributed by atoms with Crippen LogP contribution in [-0.2, 0) is 16.0 Å². The molecule has 3 heterocycles. The summed E-state index contributed by atoms with van der Waals surface area (Å²) < 4.78 is 17.4. The third-order valence-corrected chi connectivity index (χ3v) is 5.80. The van der Waals surface area contributed by atoms with E-state index in [2.05, 4.69) is 0 Å². The largest absolute Gasteiger partial charge is 0.548 e. The number of rotatable bonds is 4. The van der Waals surface area contributed by atoms with Gasteiger partial charge in [0.15, 0.2) is 6.61 Å². The Balaban J connectivity index is 1.69. The molecule has 1 saturated heterocycles. The first-order valence-electron chi connectivity index (χ1n) is 10.1. The van der Waals surface area contributed by atoms with Gasteiger partial charge in [0.25, 0.3) is 5.91 Å². The highest BCUT2D eigenvalue weighted by molar-refractivity contribution is 5.92. The predicted octanol–water partition coefficient (Wildman–Crippen LogP) is 1.32. The smallest absolute Gasteiger partial charge is 0.336 e. The third kappa shape index (κ3) is 3.62. The molecule has 30 heavy (non-hydrogen) atoms. The van der Waals surface area contributed by atoms with E-state index < -0.39 is 23.5 Å². The van der Waals surface area contributed by atoms with E-state index in [0.717, 1.165) is 12.0 Å². The summed E-state index contributed by atoms with van der Waals surface area (Å²) in [5.41, 5.74) is 1.04. The second kappa shape index (κ2) is 7.34. The monoisotopic (exact) mass is 414 g/mol. The Labute approximate surface area is 173 Å². The number of amides is 1. The molecule has 0 radical (unpaired) electrons. The molecule has 1 fully saturated rings. The molecule has 1 amide bonds. The summed E-state index contributed by atoms with van der Waals surface area (Å²) in [6, 6.07) is 2.17. The van der Waals surface area contributed by atoms with Crippen molar-refractivity contribution in [1.29, 1.82) is 0 Å². The van der Waals surface area contributed by atoms with Crippen LogP contribution in [0.2, 0.25) is 0 Å². The number of carboxylic acid groups (broad SMARTS) is 1. The van der Waals surface area contributed by atoms with E-state index >= 15 is 0 Å². The maximum absolute atomic E-state index is 12.6. The van der Waals surface area contributed by atoms with Crippen molar-refractivity contribution >= 4 is 22.8 Å². The van der Waals surface area contributed by atoms with Crippen molar-refractivity contribution < 1.29 is 28.6 Å². The summed E-state index contributed by atoms with van der Waals surface area (Å²) in [5.74, 6) is -0.763. The number of aliphatic carboxylic acids is 1. The Morgan fingerprint density at radius 3 is 2.83 bits per heavy atom. The van der Waals surface area contributed by atoms with Crippen molar-refractivity contribution in [2.45, 2.75) is 58.1 Å². The standard InChI is InChI=1S/C22H25NO7/c1-12-9-18(25)29-20-13-6-7-22(2,3)30-15(13)10-16(19(12)20)28-11-17(24)23-8-4-5-14(23)21(26)27/h9-10,14H,4-8,11H2,1-3H3,(H,26,27)/p-1/t14-/m0/s1. The number of ether oxygens (including phenoxy) is 2. The van der Waals surface area contributed by atoms with Gasteiger partial charge in [-0.25, -0.2) is 4.79 Å². The Morgan fingerprint density at radius 2 is 2.10 bits per heavy atom. The molecule has 4 rings (SSSR count). The van der Waals surface area contributed by atoms with E-state index in [9.17, 15) is 19.5 Å². The molecule has 2 aliphatic rings. The van der Waals surface area contributed by atoms with Gasteiger partial charge in [-0.15, -0.1) is 0 Å². The van der Waals surface area contributed by atoms with Gasteiger partial charge in [-0.1, -0.05) is 0 Å². The highest BCUT2D eigenvalue weighted by atomic mass is 16.5. The molecular formula is C22H24NO7-. The SMILES string of the molecule is Cc1cc(=O)oc2c3c(cc(OCC(=O)N4CCC[C@H]4C(=O)[O-])c12)OC(C)(C)CC3. The number of hydrogen-bond donors (Lipinski definition) is 0. The van der Waals surface area contributed by atoms with Gasteiger partial charge in [-0.3, -0.25) is 4.79 Å². The molecule has 0 aliphatic carbocycles.